The van der Waals surface area contributed by atoms with Gasteiger partial charge in [-0.25, -0.2) is 0 Å². The molecule has 4 aromatic carbocycles. The van der Waals surface area contributed by atoms with E-state index in [1.165, 1.54) is 32.3 Å². The summed E-state index contributed by atoms with van der Waals surface area (Å²) in [6.45, 7) is 0. The molecule has 0 unspecified atom stereocenters. The maximum absolute atomic E-state index is 3.18. The van der Waals surface area contributed by atoms with Crippen LogP contribution in [-0.2, 0) is 0 Å². The van der Waals surface area contributed by atoms with Gasteiger partial charge in [0.15, 0.2) is 0 Å². The van der Waals surface area contributed by atoms with Crippen molar-refractivity contribution in [1.82, 2.24) is 0 Å². The highest BCUT2D eigenvalue weighted by molar-refractivity contribution is 6.25. The Morgan fingerprint density at radius 2 is 0.944 bits per heavy atom. The molecular weight excluding hydrogens is 216 g/mol. The van der Waals surface area contributed by atoms with Gasteiger partial charge in [0.05, 0.1) is 0 Å². The van der Waals surface area contributed by atoms with Gasteiger partial charge in [-0.1, -0.05) is 48.5 Å². The van der Waals surface area contributed by atoms with Crippen molar-refractivity contribution in [2.75, 3.05) is 0 Å². The van der Waals surface area contributed by atoms with Crippen LogP contribution in [0.2, 0.25) is 0 Å². The Morgan fingerprint density at radius 3 is 1.56 bits per heavy atom. The minimum atomic E-state index is 1.26. The molecule has 0 nitrogen and oxygen atoms in total. The van der Waals surface area contributed by atoms with Gasteiger partial charge in [-0.3, -0.25) is 0 Å². The van der Waals surface area contributed by atoms with Gasteiger partial charge in [-0.15, -0.1) is 0 Å². The molecule has 0 aliphatic rings. The number of rotatable bonds is 0. The SMILES string of the molecule is [c]1ccc2c(c1)c1cc[c]cc1c1ccccc21. The predicted molar refractivity (Wildman–Crippen MR) is 76.6 cm³/mol. The highest BCUT2D eigenvalue weighted by Crippen LogP contribution is 2.34. The first-order chi connectivity index (χ1) is 8.95. The summed E-state index contributed by atoms with van der Waals surface area (Å²) < 4.78 is 0. The Morgan fingerprint density at radius 1 is 0.500 bits per heavy atom. The van der Waals surface area contributed by atoms with Crippen LogP contribution in [0, 0.1) is 12.1 Å². The van der Waals surface area contributed by atoms with Gasteiger partial charge in [0.2, 0.25) is 0 Å². The maximum atomic E-state index is 3.18. The van der Waals surface area contributed by atoms with E-state index in [9.17, 15) is 0 Å². The van der Waals surface area contributed by atoms with Crippen LogP contribution in [-0.4, -0.2) is 0 Å². The first-order valence-corrected chi connectivity index (χ1v) is 6.05. The average Bonchev–Trinajstić information content (AvgIpc) is 2.48. The van der Waals surface area contributed by atoms with E-state index in [1.807, 2.05) is 12.1 Å². The van der Waals surface area contributed by atoms with Crippen LogP contribution in [0.25, 0.3) is 32.3 Å². The lowest BCUT2D eigenvalue weighted by Crippen LogP contribution is -1.82. The zero-order valence-electron chi connectivity index (χ0n) is 9.77. The molecule has 4 aromatic rings. The molecule has 0 atom stereocenters. The Kier molecular flexibility index (Phi) is 1.92. The molecule has 0 N–H and O–H groups in total. The molecule has 0 amide bonds. The van der Waals surface area contributed by atoms with Crippen LogP contribution in [0.3, 0.4) is 0 Å². The fourth-order valence-corrected chi connectivity index (χ4v) is 2.73. The monoisotopic (exact) mass is 226 g/mol. The van der Waals surface area contributed by atoms with E-state index < -0.39 is 0 Å². The highest BCUT2D eigenvalue weighted by Gasteiger charge is 2.06. The van der Waals surface area contributed by atoms with E-state index in [-0.39, 0.29) is 0 Å². The van der Waals surface area contributed by atoms with Crippen LogP contribution in [0.1, 0.15) is 0 Å². The van der Waals surface area contributed by atoms with Crippen LogP contribution >= 0.6 is 0 Å². The fourth-order valence-electron chi connectivity index (χ4n) is 2.73. The van der Waals surface area contributed by atoms with E-state index in [0.29, 0.717) is 0 Å². The molecule has 0 fully saturated rings. The second-order valence-corrected chi connectivity index (χ2v) is 4.49. The van der Waals surface area contributed by atoms with Gasteiger partial charge < -0.3 is 0 Å². The zero-order valence-corrected chi connectivity index (χ0v) is 9.77. The summed E-state index contributed by atoms with van der Waals surface area (Å²) in [5.41, 5.74) is 0. The molecule has 0 aromatic heterocycles. The van der Waals surface area contributed by atoms with Crippen LogP contribution < -0.4 is 0 Å². The van der Waals surface area contributed by atoms with Gasteiger partial charge >= 0.3 is 0 Å². The van der Waals surface area contributed by atoms with E-state index in [1.54, 1.807) is 0 Å². The van der Waals surface area contributed by atoms with Crippen molar-refractivity contribution >= 4 is 32.3 Å². The maximum Gasteiger partial charge on any atom is -0.00928 e. The molecule has 0 aliphatic carbocycles. The van der Waals surface area contributed by atoms with Gasteiger partial charge in [0.25, 0.3) is 0 Å². The lowest BCUT2D eigenvalue weighted by Gasteiger charge is -2.09. The minimum Gasteiger partial charge on any atom is -0.0616 e. The predicted octanol–water partition coefficient (Wildman–Crippen LogP) is 4.75. The van der Waals surface area contributed by atoms with Gasteiger partial charge in [-0.2, -0.15) is 0 Å². The molecule has 4 rings (SSSR count). The zero-order chi connectivity index (χ0) is 11.9. The van der Waals surface area contributed by atoms with Crippen molar-refractivity contribution in [2.45, 2.75) is 0 Å². The lowest BCUT2D eigenvalue weighted by atomic mass is 9.95. The van der Waals surface area contributed by atoms with E-state index in [0.717, 1.165) is 0 Å². The van der Waals surface area contributed by atoms with Gasteiger partial charge in [0.1, 0.15) is 0 Å². The van der Waals surface area contributed by atoms with Crippen LogP contribution in [0.5, 0.6) is 0 Å². The van der Waals surface area contributed by atoms with Crippen molar-refractivity contribution in [3.8, 4) is 0 Å². The van der Waals surface area contributed by atoms with Crippen molar-refractivity contribution in [2.24, 2.45) is 0 Å². The topological polar surface area (TPSA) is 0 Å². The van der Waals surface area contributed by atoms with Crippen molar-refractivity contribution in [3.63, 3.8) is 0 Å². The van der Waals surface area contributed by atoms with E-state index in [2.05, 4.69) is 60.7 Å². The molecule has 0 heterocycles. The quantitative estimate of drug-likeness (QED) is 0.380. The smallest absolute Gasteiger partial charge is 0.00928 e. The summed E-state index contributed by atoms with van der Waals surface area (Å²) in [6.07, 6.45) is 0. The van der Waals surface area contributed by atoms with E-state index in [4.69, 9.17) is 0 Å². The van der Waals surface area contributed by atoms with Crippen molar-refractivity contribution in [1.29, 1.82) is 0 Å². The third kappa shape index (κ3) is 1.20. The summed E-state index contributed by atoms with van der Waals surface area (Å²) in [5.74, 6) is 0. The molecule has 0 spiro atoms. The largest absolute Gasteiger partial charge is 0.0616 e. The first-order valence-electron chi connectivity index (χ1n) is 6.05. The molecule has 82 valence electrons. The highest BCUT2D eigenvalue weighted by atomic mass is 14.1. The Balaban J connectivity index is 2.46. The number of benzene rings is 4. The summed E-state index contributed by atoms with van der Waals surface area (Å²) >= 11 is 0. The molecule has 0 saturated heterocycles. The van der Waals surface area contributed by atoms with E-state index >= 15 is 0 Å². The van der Waals surface area contributed by atoms with Gasteiger partial charge in [0, 0.05) is 0 Å². The molecule has 0 saturated carbocycles. The summed E-state index contributed by atoms with van der Waals surface area (Å²) in [5, 5.41) is 7.69. The number of hydrogen-bond donors (Lipinski definition) is 0. The standard InChI is InChI=1S/C18H10/c1-2-8-14-13(7-1)15-9-3-4-11-17(15)18-12-6-5-10-16(14)18/h1-3,6-12H. The summed E-state index contributed by atoms with van der Waals surface area (Å²) in [4.78, 5) is 0. The molecular formula is C18H10. The number of hydrogen-bond acceptors (Lipinski definition) is 0. The minimum absolute atomic E-state index is 1.26. The second-order valence-electron chi connectivity index (χ2n) is 4.49. The van der Waals surface area contributed by atoms with Crippen LogP contribution in [0.4, 0.5) is 0 Å². The fraction of sp³-hybridized carbons (Fsp3) is 0. The first kappa shape index (κ1) is 9.67. The average molecular weight is 226 g/mol. The second kappa shape index (κ2) is 3.58. The third-order valence-electron chi connectivity index (χ3n) is 3.53. The molecule has 18 heavy (non-hydrogen) atoms. The Hall–Kier alpha value is -2.34. The summed E-state index contributed by atoms with van der Waals surface area (Å²) in [7, 11) is 0. The van der Waals surface area contributed by atoms with Gasteiger partial charge in [-0.05, 0) is 56.6 Å². The number of fused-ring (bicyclic) bond motifs is 6. The molecule has 2 radical (unpaired) electrons. The normalized spacial score (nSPS) is 11.3. The lowest BCUT2D eigenvalue weighted by molar-refractivity contribution is 1.76. The van der Waals surface area contributed by atoms with Crippen LogP contribution in [0.15, 0.2) is 60.7 Å². The third-order valence-corrected chi connectivity index (χ3v) is 3.53. The van der Waals surface area contributed by atoms with Crippen molar-refractivity contribution < 1.29 is 0 Å². The molecule has 0 bridgehead atoms. The summed E-state index contributed by atoms with van der Waals surface area (Å²) in [6, 6.07) is 27.3. The molecule has 0 heteroatoms. The van der Waals surface area contributed by atoms with Crippen molar-refractivity contribution in [3.05, 3.63) is 72.8 Å². The Bertz CT molecular complexity index is 652. The Labute approximate surface area is 105 Å². The molecule has 0 aliphatic heterocycles.